The van der Waals surface area contributed by atoms with Crippen molar-refractivity contribution in [3.63, 3.8) is 0 Å². The first-order valence-corrected chi connectivity index (χ1v) is 11.0. The van der Waals surface area contributed by atoms with Gasteiger partial charge < -0.3 is 19.3 Å². The summed E-state index contributed by atoms with van der Waals surface area (Å²) in [6, 6.07) is 9.32. The second-order valence-corrected chi connectivity index (χ2v) is 7.76. The molecule has 1 atom stereocenters. The number of hydrogen-bond acceptors (Lipinski definition) is 4. The van der Waals surface area contributed by atoms with Crippen LogP contribution in [-0.4, -0.2) is 28.8 Å². The summed E-state index contributed by atoms with van der Waals surface area (Å²) in [7, 11) is -4.63. The molecule has 7 heteroatoms. The monoisotopic (exact) mass is 388 g/mol. The lowest BCUT2D eigenvalue weighted by atomic mass is 10.1. The zero-order chi connectivity index (χ0) is 19.3. The van der Waals surface area contributed by atoms with Crippen LogP contribution < -0.4 is 4.74 Å². The molecule has 0 amide bonds. The minimum Gasteiger partial charge on any atom is -0.491 e. The van der Waals surface area contributed by atoms with E-state index >= 15 is 0 Å². The Morgan fingerprint density at radius 3 is 2.19 bits per heavy atom. The second-order valence-electron chi connectivity index (χ2n) is 6.60. The van der Waals surface area contributed by atoms with Gasteiger partial charge in [-0.2, -0.15) is 0 Å². The fraction of sp³-hybridized carbons (Fsp3) is 0.684. The molecule has 0 saturated carbocycles. The zero-order valence-electron chi connectivity index (χ0n) is 15.9. The summed E-state index contributed by atoms with van der Waals surface area (Å²) < 4.78 is 27.4. The average molecular weight is 388 g/mol. The van der Waals surface area contributed by atoms with Crippen molar-refractivity contribution < 1.29 is 28.3 Å². The van der Waals surface area contributed by atoms with Crippen molar-refractivity contribution in [1.29, 1.82) is 0 Å². The van der Waals surface area contributed by atoms with E-state index in [4.69, 9.17) is 23.8 Å². The van der Waals surface area contributed by atoms with Crippen LogP contribution in [0, 0.1) is 0 Å². The zero-order valence-corrected chi connectivity index (χ0v) is 16.8. The fourth-order valence-corrected chi connectivity index (χ4v) is 3.38. The minimum absolute atomic E-state index is 0.182. The first kappa shape index (κ1) is 23.1. The van der Waals surface area contributed by atoms with E-state index in [2.05, 4.69) is 6.92 Å². The van der Waals surface area contributed by atoms with Gasteiger partial charge >= 0.3 is 7.82 Å². The average Bonchev–Trinajstić information content (AvgIpc) is 2.57. The summed E-state index contributed by atoms with van der Waals surface area (Å²) in [5.41, 5.74) is 0. The highest BCUT2D eigenvalue weighted by Crippen LogP contribution is 2.43. The maximum Gasteiger partial charge on any atom is 0.472 e. The molecule has 0 aliphatic rings. The molecule has 26 heavy (non-hydrogen) atoms. The standard InChI is InChI=1S/C19H33O6P/c1-3-4-5-6-7-8-12-15-19(2,25-26(20,21)22)24-17-16-23-18-13-10-9-11-14-18/h9-11,13-14H,3-8,12,15-17H2,1-2H3,(H2,20,21,22). The van der Waals surface area contributed by atoms with Crippen molar-refractivity contribution in [3.05, 3.63) is 30.3 Å². The van der Waals surface area contributed by atoms with Crippen LogP contribution in [0.25, 0.3) is 0 Å². The summed E-state index contributed by atoms with van der Waals surface area (Å²) in [6.45, 7) is 4.22. The number of phosphoric acid groups is 1. The van der Waals surface area contributed by atoms with E-state index in [1.165, 1.54) is 25.7 Å². The molecule has 0 bridgehead atoms. The Hall–Kier alpha value is -0.910. The summed E-state index contributed by atoms with van der Waals surface area (Å²) in [5, 5.41) is 0. The Morgan fingerprint density at radius 1 is 0.962 bits per heavy atom. The normalized spacial score (nSPS) is 14.2. The minimum atomic E-state index is -4.63. The molecule has 2 N–H and O–H groups in total. The summed E-state index contributed by atoms with van der Waals surface area (Å²) in [6.07, 6.45) is 8.22. The Kier molecular flexibility index (Phi) is 11.1. The Balaban J connectivity index is 2.35. The molecule has 150 valence electrons. The lowest BCUT2D eigenvalue weighted by Crippen LogP contribution is -2.33. The quantitative estimate of drug-likeness (QED) is 0.248. The summed E-state index contributed by atoms with van der Waals surface area (Å²) in [5.74, 6) is -0.594. The van der Waals surface area contributed by atoms with Gasteiger partial charge in [0.1, 0.15) is 12.4 Å². The third-order valence-corrected chi connectivity index (χ3v) is 4.67. The molecule has 0 fully saturated rings. The van der Waals surface area contributed by atoms with Gasteiger partial charge in [-0.05, 0) is 25.5 Å². The third kappa shape index (κ3) is 11.7. The van der Waals surface area contributed by atoms with E-state index in [9.17, 15) is 4.57 Å². The van der Waals surface area contributed by atoms with Gasteiger partial charge in [0, 0.05) is 6.42 Å². The Labute approximate surface area is 157 Å². The van der Waals surface area contributed by atoms with E-state index < -0.39 is 13.6 Å². The Bertz CT molecular complexity index is 518. The molecule has 1 unspecified atom stereocenters. The SMILES string of the molecule is CCCCCCCCCC(C)(OCCOc1ccccc1)OP(=O)(O)O. The van der Waals surface area contributed by atoms with Gasteiger partial charge in [0.25, 0.3) is 0 Å². The van der Waals surface area contributed by atoms with Crippen LogP contribution in [0.5, 0.6) is 5.75 Å². The molecule has 0 aliphatic carbocycles. The van der Waals surface area contributed by atoms with Crippen molar-refractivity contribution in [2.24, 2.45) is 0 Å². The predicted octanol–water partition coefficient (Wildman–Crippen LogP) is 5.05. The molecule has 0 spiro atoms. The highest BCUT2D eigenvalue weighted by Gasteiger charge is 2.34. The summed E-state index contributed by atoms with van der Waals surface area (Å²) >= 11 is 0. The van der Waals surface area contributed by atoms with Crippen LogP contribution in [0.15, 0.2) is 30.3 Å². The third-order valence-electron chi connectivity index (χ3n) is 4.05. The molecule has 1 aromatic carbocycles. The van der Waals surface area contributed by atoms with Crippen molar-refractivity contribution in [3.8, 4) is 5.75 Å². The molecule has 0 heterocycles. The maximum atomic E-state index is 11.3. The first-order valence-electron chi connectivity index (χ1n) is 9.43. The van der Waals surface area contributed by atoms with Crippen LogP contribution in [-0.2, 0) is 13.8 Å². The molecule has 0 aliphatic heterocycles. The van der Waals surface area contributed by atoms with Crippen molar-refractivity contribution >= 4 is 7.82 Å². The van der Waals surface area contributed by atoms with Gasteiger partial charge in [-0.3, -0.25) is 4.52 Å². The lowest BCUT2D eigenvalue weighted by molar-refractivity contribution is -0.187. The second kappa shape index (κ2) is 12.5. The number of unbranched alkanes of at least 4 members (excludes halogenated alkanes) is 6. The molecule has 6 nitrogen and oxygen atoms in total. The van der Waals surface area contributed by atoms with E-state index in [1.54, 1.807) is 6.92 Å². The highest BCUT2D eigenvalue weighted by molar-refractivity contribution is 7.46. The van der Waals surface area contributed by atoms with Gasteiger partial charge in [0.2, 0.25) is 0 Å². The molecule has 0 radical (unpaired) electrons. The molecule has 1 rings (SSSR count). The lowest BCUT2D eigenvalue weighted by Gasteiger charge is -2.30. The van der Waals surface area contributed by atoms with E-state index in [-0.39, 0.29) is 13.2 Å². The van der Waals surface area contributed by atoms with Gasteiger partial charge in [-0.25, -0.2) is 4.57 Å². The van der Waals surface area contributed by atoms with Gasteiger partial charge in [0.15, 0.2) is 5.79 Å². The topological polar surface area (TPSA) is 85.2 Å². The van der Waals surface area contributed by atoms with Gasteiger partial charge in [-0.15, -0.1) is 0 Å². The maximum absolute atomic E-state index is 11.3. The molecular formula is C19H33O6P. The summed E-state index contributed by atoms with van der Waals surface area (Å²) in [4.78, 5) is 18.3. The van der Waals surface area contributed by atoms with Gasteiger partial charge in [-0.1, -0.05) is 63.6 Å². The van der Waals surface area contributed by atoms with E-state index in [0.29, 0.717) is 6.42 Å². The van der Waals surface area contributed by atoms with Crippen molar-refractivity contribution in [2.75, 3.05) is 13.2 Å². The molecule has 0 aromatic heterocycles. The first-order chi connectivity index (χ1) is 12.3. The highest BCUT2D eigenvalue weighted by atomic mass is 31.2. The van der Waals surface area contributed by atoms with Gasteiger partial charge in [0.05, 0.1) is 6.61 Å². The van der Waals surface area contributed by atoms with E-state index in [1.807, 2.05) is 30.3 Å². The predicted molar refractivity (Wildman–Crippen MR) is 102 cm³/mol. The number of rotatable bonds is 15. The van der Waals surface area contributed by atoms with Crippen LogP contribution >= 0.6 is 7.82 Å². The Morgan fingerprint density at radius 2 is 1.58 bits per heavy atom. The molecule has 0 saturated heterocycles. The van der Waals surface area contributed by atoms with Crippen LogP contribution in [0.1, 0.15) is 65.2 Å². The number of benzene rings is 1. The number of para-hydroxylation sites is 1. The largest absolute Gasteiger partial charge is 0.491 e. The van der Waals surface area contributed by atoms with Crippen molar-refractivity contribution in [1.82, 2.24) is 0 Å². The van der Waals surface area contributed by atoms with Crippen LogP contribution in [0.3, 0.4) is 0 Å². The number of ether oxygens (including phenoxy) is 2. The van der Waals surface area contributed by atoms with Crippen molar-refractivity contribution in [2.45, 2.75) is 71.0 Å². The molecule has 1 aromatic rings. The van der Waals surface area contributed by atoms with Crippen LogP contribution in [0.2, 0.25) is 0 Å². The van der Waals surface area contributed by atoms with E-state index in [0.717, 1.165) is 25.0 Å². The van der Waals surface area contributed by atoms with Crippen LogP contribution in [0.4, 0.5) is 0 Å². The number of phosphoric ester groups is 1. The smallest absolute Gasteiger partial charge is 0.472 e. The number of hydrogen-bond donors (Lipinski definition) is 2. The fourth-order valence-electron chi connectivity index (χ4n) is 2.73. The molecular weight excluding hydrogens is 355 g/mol.